The standard InChI is InChI=1S/C21H23ClFN5O2S/c1-14(20(29)27(2)13-16-17(22)5-4-6-18(16)23)31-21-26-25-19(28(21)11-12-30-3)15-7-9-24-10-8-15/h4-10,14H,11-13H2,1-3H3. The molecule has 0 fully saturated rings. The van der Waals surface area contributed by atoms with Crippen molar-refractivity contribution < 1.29 is 13.9 Å². The second-order valence-corrected chi connectivity index (χ2v) is 8.56. The van der Waals surface area contributed by atoms with Gasteiger partial charge in [0.25, 0.3) is 0 Å². The third-order valence-corrected chi connectivity index (χ3v) is 6.06. The molecule has 31 heavy (non-hydrogen) atoms. The van der Waals surface area contributed by atoms with E-state index in [4.69, 9.17) is 16.3 Å². The molecule has 0 N–H and O–H groups in total. The van der Waals surface area contributed by atoms with Gasteiger partial charge in [-0.25, -0.2) is 4.39 Å². The first kappa shape index (κ1) is 23.2. The van der Waals surface area contributed by atoms with Crippen LogP contribution in [0.4, 0.5) is 4.39 Å². The Hall–Kier alpha value is -2.49. The van der Waals surface area contributed by atoms with Crippen LogP contribution in [0.2, 0.25) is 5.02 Å². The molecule has 3 rings (SSSR count). The predicted octanol–water partition coefficient (Wildman–Crippen LogP) is 3.92. The largest absolute Gasteiger partial charge is 0.383 e. The lowest BCUT2D eigenvalue weighted by molar-refractivity contribution is -0.129. The molecule has 164 valence electrons. The quantitative estimate of drug-likeness (QED) is 0.448. The minimum atomic E-state index is -0.466. The Bertz CT molecular complexity index is 1010. The molecule has 0 saturated carbocycles. The highest BCUT2D eigenvalue weighted by Gasteiger charge is 2.24. The number of hydrogen-bond donors (Lipinski definition) is 0. The van der Waals surface area contributed by atoms with Gasteiger partial charge in [0.15, 0.2) is 11.0 Å². The lowest BCUT2D eigenvalue weighted by Gasteiger charge is -2.22. The Kier molecular flexibility index (Phi) is 8.00. The molecular weight excluding hydrogens is 441 g/mol. The summed E-state index contributed by atoms with van der Waals surface area (Å²) in [5, 5.41) is 9.02. The van der Waals surface area contributed by atoms with Gasteiger partial charge in [-0.3, -0.25) is 14.3 Å². The van der Waals surface area contributed by atoms with Gasteiger partial charge in [0, 0.05) is 49.2 Å². The number of methoxy groups -OCH3 is 1. The Balaban J connectivity index is 1.76. The van der Waals surface area contributed by atoms with Gasteiger partial charge in [0.05, 0.1) is 18.4 Å². The molecule has 0 aliphatic heterocycles. The Morgan fingerprint density at radius 1 is 1.29 bits per heavy atom. The molecule has 2 heterocycles. The van der Waals surface area contributed by atoms with Gasteiger partial charge in [-0.05, 0) is 31.2 Å². The highest BCUT2D eigenvalue weighted by molar-refractivity contribution is 8.00. The van der Waals surface area contributed by atoms with E-state index in [1.54, 1.807) is 39.5 Å². The van der Waals surface area contributed by atoms with Gasteiger partial charge in [-0.2, -0.15) is 0 Å². The van der Waals surface area contributed by atoms with E-state index in [0.717, 1.165) is 5.56 Å². The fourth-order valence-electron chi connectivity index (χ4n) is 2.99. The number of rotatable bonds is 9. The molecule has 10 heteroatoms. The van der Waals surface area contributed by atoms with Crippen LogP contribution in [0.25, 0.3) is 11.4 Å². The van der Waals surface area contributed by atoms with Crippen LogP contribution >= 0.6 is 23.4 Å². The average Bonchev–Trinajstić information content (AvgIpc) is 3.17. The van der Waals surface area contributed by atoms with Crippen molar-refractivity contribution in [3.63, 3.8) is 0 Å². The monoisotopic (exact) mass is 463 g/mol. The van der Waals surface area contributed by atoms with E-state index in [0.29, 0.717) is 34.7 Å². The van der Waals surface area contributed by atoms with E-state index in [2.05, 4.69) is 15.2 Å². The van der Waals surface area contributed by atoms with Crippen LogP contribution in [0.15, 0.2) is 47.9 Å². The molecular formula is C21H23ClFN5O2S. The van der Waals surface area contributed by atoms with Gasteiger partial charge in [-0.1, -0.05) is 29.4 Å². The lowest BCUT2D eigenvalue weighted by atomic mass is 10.2. The number of pyridine rings is 1. The summed E-state index contributed by atoms with van der Waals surface area (Å²) >= 11 is 7.39. The van der Waals surface area contributed by atoms with Crippen LogP contribution in [0, 0.1) is 5.82 Å². The van der Waals surface area contributed by atoms with Crippen molar-refractivity contribution in [1.82, 2.24) is 24.6 Å². The maximum atomic E-state index is 14.1. The summed E-state index contributed by atoms with van der Waals surface area (Å²) in [6, 6.07) is 8.17. The van der Waals surface area contributed by atoms with Crippen LogP contribution in [0.3, 0.4) is 0 Å². The molecule has 1 aromatic carbocycles. The Labute approximate surface area is 189 Å². The van der Waals surface area contributed by atoms with Crippen molar-refractivity contribution in [2.45, 2.75) is 30.4 Å². The summed E-state index contributed by atoms with van der Waals surface area (Å²) in [5.74, 6) is 0.0675. The van der Waals surface area contributed by atoms with Gasteiger partial charge >= 0.3 is 0 Å². The predicted molar refractivity (Wildman–Crippen MR) is 118 cm³/mol. The number of carbonyl (C=O) groups excluding carboxylic acids is 1. The maximum absolute atomic E-state index is 14.1. The summed E-state index contributed by atoms with van der Waals surface area (Å²) in [7, 11) is 3.25. The Morgan fingerprint density at radius 2 is 2.03 bits per heavy atom. The second-order valence-electron chi connectivity index (χ2n) is 6.84. The van der Waals surface area contributed by atoms with Crippen molar-refractivity contribution in [1.29, 1.82) is 0 Å². The minimum Gasteiger partial charge on any atom is -0.383 e. The van der Waals surface area contributed by atoms with Crippen molar-refractivity contribution in [3.8, 4) is 11.4 Å². The molecule has 1 unspecified atom stereocenters. The number of aromatic nitrogens is 4. The molecule has 0 saturated heterocycles. The summed E-state index contributed by atoms with van der Waals surface area (Å²) in [4.78, 5) is 18.4. The van der Waals surface area contributed by atoms with E-state index < -0.39 is 11.1 Å². The zero-order valence-corrected chi connectivity index (χ0v) is 19.0. The van der Waals surface area contributed by atoms with E-state index in [1.165, 1.54) is 28.8 Å². The summed E-state index contributed by atoms with van der Waals surface area (Å²) in [6.45, 7) is 2.87. The molecule has 1 amide bonds. The van der Waals surface area contributed by atoms with E-state index in [9.17, 15) is 9.18 Å². The molecule has 3 aromatic rings. The molecule has 0 bridgehead atoms. The first-order chi connectivity index (χ1) is 14.9. The fourth-order valence-corrected chi connectivity index (χ4v) is 4.20. The fraction of sp³-hybridized carbons (Fsp3) is 0.333. The number of carbonyl (C=O) groups is 1. The van der Waals surface area contributed by atoms with Crippen molar-refractivity contribution in [2.75, 3.05) is 20.8 Å². The van der Waals surface area contributed by atoms with Gasteiger partial charge in [0.2, 0.25) is 5.91 Å². The third kappa shape index (κ3) is 5.61. The molecule has 7 nitrogen and oxygen atoms in total. The number of halogens is 2. The lowest BCUT2D eigenvalue weighted by Crippen LogP contribution is -2.33. The SMILES string of the molecule is COCCn1c(SC(C)C(=O)N(C)Cc2c(F)cccc2Cl)nnc1-c1ccncc1. The average molecular weight is 464 g/mol. The zero-order valence-electron chi connectivity index (χ0n) is 17.5. The van der Waals surface area contributed by atoms with Crippen molar-refractivity contribution >= 4 is 29.3 Å². The maximum Gasteiger partial charge on any atom is 0.235 e. The molecule has 0 spiro atoms. The van der Waals surface area contributed by atoms with Crippen LogP contribution < -0.4 is 0 Å². The smallest absolute Gasteiger partial charge is 0.235 e. The number of amides is 1. The molecule has 1 atom stereocenters. The second kappa shape index (κ2) is 10.7. The Morgan fingerprint density at radius 3 is 2.71 bits per heavy atom. The number of benzene rings is 1. The summed E-state index contributed by atoms with van der Waals surface area (Å²) in [5.41, 5.74) is 1.16. The number of hydrogen-bond acceptors (Lipinski definition) is 6. The van der Waals surface area contributed by atoms with Crippen LogP contribution in [-0.4, -0.2) is 56.6 Å². The van der Waals surface area contributed by atoms with Crippen molar-refractivity contribution in [2.24, 2.45) is 0 Å². The van der Waals surface area contributed by atoms with Crippen LogP contribution in [0.1, 0.15) is 12.5 Å². The van der Waals surface area contributed by atoms with Crippen molar-refractivity contribution in [3.05, 3.63) is 59.1 Å². The first-order valence-corrected chi connectivity index (χ1v) is 10.8. The molecule has 2 aromatic heterocycles. The molecule has 0 aliphatic rings. The number of thioether (sulfide) groups is 1. The zero-order chi connectivity index (χ0) is 22.4. The van der Waals surface area contributed by atoms with E-state index >= 15 is 0 Å². The topological polar surface area (TPSA) is 73.1 Å². The van der Waals surface area contributed by atoms with Gasteiger partial charge in [0.1, 0.15) is 5.82 Å². The normalized spacial score (nSPS) is 12.0. The number of nitrogens with zero attached hydrogens (tertiary/aromatic N) is 5. The van der Waals surface area contributed by atoms with E-state index in [1.807, 2.05) is 16.7 Å². The van der Waals surface area contributed by atoms with Gasteiger partial charge in [-0.15, -0.1) is 10.2 Å². The molecule has 0 aliphatic carbocycles. The molecule has 0 radical (unpaired) electrons. The highest BCUT2D eigenvalue weighted by atomic mass is 35.5. The van der Waals surface area contributed by atoms with Gasteiger partial charge < -0.3 is 9.64 Å². The summed E-state index contributed by atoms with van der Waals surface area (Å²) < 4.78 is 21.2. The first-order valence-electron chi connectivity index (χ1n) is 9.59. The minimum absolute atomic E-state index is 0.0773. The number of ether oxygens (including phenoxy) is 1. The van der Waals surface area contributed by atoms with Crippen LogP contribution in [0.5, 0.6) is 0 Å². The van der Waals surface area contributed by atoms with E-state index in [-0.39, 0.29) is 12.5 Å². The summed E-state index contributed by atoms with van der Waals surface area (Å²) in [6.07, 6.45) is 3.37. The van der Waals surface area contributed by atoms with Crippen LogP contribution in [-0.2, 0) is 22.6 Å². The third-order valence-electron chi connectivity index (χ3n) is 4.64. The highest BCUT2D eigenvalue weighted by Crippen LogP contribution is 2.28.